The van der Waals surface area contributed by atoms with E-state index in [4.69, 9.17) is 15.9 Å². The largest absolute Gasteiger partial charge is 0.479 e. The number of hydrogen-bond donors (Lipinski definition) is 5. The zero-order chi connectivity index (χ0) is 30.8. The van der Waals surface area contributed by atoms with Crippen molar-refractivity contribution in [3.8, 4) is 0 Å². The minimum absolute atomic E-state index is 0.00766. The molecule has 2 fully saturated rings. The molecule has 1 aliphatic heterocycles. The summed E-state index contributed by atoms with van der Waals surface area (Å²) in [4.78, 5) is 63.4. The number of rotatable bonds is 6. The summed E-state index contributed by atoms with van der Waals surface area (Å²) in [6.45, 7) is 5.42. The number of carboxylic acids is 1. The number of amidine groups is 1. The van der Waals surface area contributed by atoms with E-state index in [9.17, 15) is 29.1 Å². The molecular formula is C27H40N6O8. The third kappa shape index (κ3) is 9.15. The van der Waals surface area contributed by atoms with Crippen molar-refractivity contribution in [1.29, 1.82) is 5.41 Å². The number of carbonyl (C=O) groups excluding carboxylic acids is 4. The molecule has 0 unspecified atom stereocenters. The number of carboxylic acid groups (broad SMARTS) is 1. The zero-order valence-electron chi connectivity index (χ0n) is 24.0. The molecule has 4 amide bonds. The molecule has 1 aromatic rings. The third-order valence-electron chi connectivity index (χ3n) is 6.87. The smallest absolute Gasteiger partial charge is 0.412 e. The average molecular weight is 577 g/mol. The molecule has 14 heteroatoms. The number of methoxy groups -OCH3 is 1. The van der Waals surface area contributed by atoms with E-state index in [0.717, 1.165) is 32.1 Å². The standard InChI is InChI=1S/C18H30N2O5.C9H10N4O3/c1-17(2,3)25-16(24)19-12-14(21)20-11-7-10-18(20,15(22)23)13-8-5-4-6-9-13;1-16-9(15)13-7(10)6-3-2-5(4-12-6)8(11)14/h13H,4-12H2,1-3H3,(H,19,24)(H,22,23);2-4H,1H3,(H2,11,14)(H2,10,13,15)/t18-;/m1./s1. The van der Waals surface area contributed by atoms with Crippen molar-refractivity contribution >= 4 is 35.8 Å². The van der Waals surface area contributed by atoms with Crippen LogP contribution in [0.5, 0.6) is 0 Å². The molecular weight excluding hydrogens is 536 g/mol. The topological polar surface area (TPSA) is 214 Å². The Kier molecular flexibility index (Phi) is 11.6. The lowest BCUT2D eigenvalue weighted by Crippen LogP contribution is -2.59. The number of nitrogens with two attached hydrogens (primary N) is 1. The summed E-state index contributed by atoms with van der Waals surface area (Å²) in [7, 11) is 1.19. The van der Waals surface area contributed by atoms with Crippen molar-refractivity contribution in [3.05, 3.63) is 29.6 Å². The summed E-state index contributed by atoms with van der Waals surface area (Å²) in [5.41, 5.74) is 3.69. The number of nitrogens with zero attached hydrogens (tertiary/aromatic N) is 2. The Labute approximate surface area is 238 Å². The monoisotopic (exact) mass is 576 g/mol. The van der Waals surface area contributed by atoms with Crippen molar-refractivity contribution < 1.29 is 38.6 Å². The maximum atomic E-state index is 12.7. The van der Waals surface area contributed by atoms with Crippen LogP contribution in [0.25, 0.3) is 0 Å². The number of pyridine rings is 1. The molecule has 1 saturated heterocycles. The molecule has 0 aromatic carbocycles. The highest BCUT2D eigenvalue weighted by Gasteiger charge is 2.54. The van der Waals surface area contributed by atoms with E-state index in [1.165, 1.54) is 30.3 Å². The first-order valence-electron chi connectivity index (χ1n) is 13.4. The van der Waals surface area contributed by atoms with Crippen LogP contribution in [0.3, 0.4) is 0 Å². The van der Waals surface area contributed by atoms with Gasteiger partial charge in [-0.25, -0.2) is 14.4 Å². The molecule has 1 aromatic heterocycles. The van der Waals surface area contributed by atoms with E-state index >= 15 is 0 Å². The van der Waals surface area contributed by atoms with E-state index in [1.54, 1.807) is 20.8 Å². The van der Waals surface area contributed by atoms with Crippen LogP contribution in [0, 0.1) is 11.3 Å². The summed E-state index contributed by atoms with van der Waals surface area (Å²) in [6.07, 6.45) is 5.81. The number of nitrogens with one attached hydrogen (secondary N) is 3. The summed E-state index contributed by atoms with van der Waals surface area (Å²) in [5, 5.41) is 22.0. The van der Waals surface area contributed by atoms with E-state index in [0.29, 0.717) is 19.4 Å². The fourth-order valence-corrected chi connectivity index (χ4v) is 5.05. The van der Waals surface area contributed by atoms with Crippen LogP contribution in [0.4, 0.5) is 9.59 Å². The van der Waals surface area contributed by atoms with Crippen LogP contribution >= 0.6 is 0 Å². The number of ether oxygens (including phenoxy) is 2. The normalized spacial score (nSPS) is 18.8. The average Bonchev–Trinajstić information content (AvgIpc) is 3.38. The number of hydrogen-bond acceptors (Lipinski definition) is 9. The molecule has 1 saturated carbocycles. The van der Waals surface area contributed by atoms with Crippen LogP contribution in [-0.4, -0.2) is 82.1 Å². The van der Waals surface area contributed by atoms with Crippen LogP contribution in [-0.2, 0) is 19.1 Å². The van der Waals surface area contributed by atoms with Gasteiger partial charge in [-0.2, -0.15) is 0 Å². The summed E-state index contributed by atoms with van der Waals surface area (Å²) >= 11 is 0. The number of alkyl carbamates (subject to hydrolysis) is 2. The van der Waals surface area contributed by atoms with Gasteiger partial charge in [0.1, 0.15) is 23.4 Å². The second kappa shape index (κ2) is 14.4. The minimum Gasteiger partial charge on any atom is -0.479 e. The Hall–Kier alpha value is -4.23. The van der Waals surface area contributed by atoms with Crippen molar-refractivity contribution in [1.82, 2.24) is 20.5 Å². The van der Waals surface area contributed by atoms with Gasteiger partial charge in [0.25, 0.3) is 0 Å². The highest BCUT2D eigenvalue weighted by molar-refractivity contribution is 6.03. The lowest BCUT2D eigenvalue weighted by molar-refractivity contribution is -0.161. The van der Waals surface area contributed by atoms with Gasteiger partial charge in [0.15, 0.2) is 5.84 Å². The molecule has 41 heavy (non-hydrogen) atoms. The Morgan fingerprint density at radius 2 is 1.78 bits per heavy atom. The number of primary amides is 1. The third-order valence-corrected chi connectivity index (χ3v) is 6.87. The minimum atomic E-state index is -1.12. The van der Waals surface area contributed by atoms with Gasteiger partial charge in [-0.05, 0) is 64.5 Å². The molecule has 226 valence electrons. The number of amides is 4. The van der Waals surface area contributed by atoms with Crippen molar-refractivity contribution in [3.63, 3.8) is 0 Å². The fourth-order valence-electron chi connectivity index (χ4n) is 5.05. The lowest BCUT2D eigenvalue weighted by atomic mass is 9.73. The van der Waals surface area contributed by atoms with Crippen molar-refractivity contribution in [2.45, 2.75) is 76.9 Å². The SMILES string of the molecule is CC(C)(C)OC(=O)NCC(=O)N1CCC[C@]1(C(=O)O)C1CCCCC1.COC(=O)NC(=N)c1ccc(C(N)=O)cn1. The zero-order valence-corrected chi connectivity index (χ0v) is 24.0. The molecule has 2 aliphatic rings. The predicted octanol–water partition coefficient (Wildman–Crippen LogP) is 2.40. The Morgan fingerprint density at radius 3 is 2.29 bits per heavy atom. The highest BCUT2D eigenvalue weighted by Crippen LogP contribution is 2.43. The Balaban J connectivity index is 0.000000317. The molecule has 0 spiro atoms. The first-order chi connectivity index (χ1) is 19.2. The lowest BCUT2D eigenvalue weighted by Gasteiger charge is -2.42. The summed E-state index contributed by atoms with van der Waals surface area (Å²) in [5.74, 6) is -2.10. The summed E-state index contributed by atoms with van der Waals surface area (Å²) in [6, 6.07) is 2.82. The fraction of sp³-hybridized carbons (Fsp3) is 0.593. The number of aliphatic carboxylic acids is 1. The maximum Gasteiger partial charge on any atom is 0.412 e. The van der Waals surface area contributed by atoms with Crippen LogP contribution in [0.15, 0.2) is 18.3 Å². The van der Waals surface area contributed by atoms with Gasteiger partial charge in [0, 0.05) is 12.7 Å². The number of aromatic nitrogens is 1. The number of likely N-dealkylation sites (tertiary alicyclic amines) is 1. The van der Waals surface area contributed by atoms with E-state index in [1.807, 2.05) is 0 Å². The maximum absolute atomic E-state index is 12.7. The van der Waals surface area contributed by atoms with Gasteiger partial charge in [-0.3, -0.25) is 25.3 Å². The molecule has 6 N–H and O–H groups in total. The highest BCUT2D eigenvalue weighted by atomic mass is 16.6. The summed E-state index contributed by atoms with van der Waals surface area (Å²) < 4.78 is 9.44. The van der Waals surface area contributed by atoms with Gasteiger partial charge in [-0.15, -0.1) is 0 Å². The predicted molar refractivity (Wildman–Crippen MR) is 147 cm³/mol. The molecule has 1 aliphatic carbocycles. The Morgan fingerprint density at radius 1 is 1.12 bits per heavy atom. The van der Waals surface area contributed by atoms with Crippen LogP contribution in [0.2, 0.25) is 0 Å². The van der Waals surface area contributed by atoms with Crippen LogP contribution in [0.1, 0.15) is 81.8 Å². The molecule has 0 bridgehead atoms. The van der Waals surface area contributed by atoms with E-state index < -0.39 is 35.2 Å². The molecule has 2 heterocycles. The van der Waals surface area contributed by atoms with Gasteiger partial charge < -0.3 is 30.5 Å². The van der Waals surface area contributed by atoms with Gasteiger partial charge in [0.2, 0.25) is 11.8 Å². The molecule has 0 radical (unpaired) electrons. The van der Waals surface area contributed by atoms with Crippen LogP contribution < -0.4 is 16.4 Å². The molecule has 14 nitrogen and oxygen atoms in total. The molecule has 1 atom stereocenters. The Bertz CT molecular complexity index is 1130. The van der Waals surface area contributed by atoms with E-state index in [2.05, 4.69) is 20.4 Å². The quantitative estimate of drug-likeness (QED) is 0.248. The van der Waals surface area contributed by atoms with Gasteiger partial charge in [0.05, 0.1) is 12.7 Å². The van der Waals surface area contributed by atoms with Gasteiger partial charge in [-0.1, -0.05) is 19.3 Å². The molecule has 3 rings (SSSR count). The van der Waals surface area contributed by atoms with Crippen molar-refractivity contribution in [2.75, 3.05) is 20.2 Å². The number of carbonyl (C=O) groups is 5. The first kappa shape index (κ1) is 33.0. The second-order valence-corrected chi connectivity index (χ2v) is 10.9. The second-order valence-electron chi connectivity index (χ2n) is 10.9. The van der Waals surface area contributed by atoms with Gasteiger partial charge >= 0.3 is 18.2 Å². The van der Waals surface area contributed by atoms with Crippen molar-refractivity contribution in [2.24, 2.45) is 11.7 Å². The van der Waals surface area contributed by atoms with E-state index in [-0.39, 0.29) is 35.5 Å². The first-order valence-corrected chi connectivity index (χ1v) is 13.4.